The van der Waals surface area contributed by atoms with E-state index in [9.17, 15) is 4.79 Å². The van der Waals surface area contributed by atoms with Crippen LogP contribution in [-0.4, -0.2) is 49.0 Å². The second-order valence-electron chi connectivity index (χ2n) is 6.61. The van der Waals surface area contributed by atoms with Crippen molar-refractivity contribution in [1.82, 2.24) is 9.88 Å². The monoisotopic (exact) mass is 358 g/mol. The topological polar surface area (TPSA) is 48.5 Å². The first-order valence-corrected chi connectivity index (χ1v) is 8.78. The van der Waals surface area contributed by atoms with Gasteiger partial charge in [-0.1, -0.05) is 17.7 Å². The molecule has 5 nitrogen and oxygen atoms in total. The lowest BCUT2D eigenvalue weighted by molar-refractivity contribution is 0.102. The van der Waals surface area contributed by atoms with Gasteiger partial charge in [-0.15, -0.1) is 0 Å². The first-order chi connectivity index (χ1) is 11.9. The minimum atomic E-state index is -0.197. The Kier molecular flexibility index (Phi) is 5.25. The Bertz CT molecular complexity index is 762. The predicted molar refractivity (Wildman–Crippen MR) is 103 cm³/mol. The van der Waals surface area contributed by atoms with Crippen LogP contribution in [0, 0.1) is 13.8 Å². The van der Waals surface area contributed by atoms with E-state index in [1.165, 1.54) is 0 Å². The minimum absolute atomic E-state index is 0.197. The van der Waals surface area contributed by atoms with E-state index in [4.69, 9.17) is 11.6 Å². The first-order valence-electron chi connectivity index (χ1n) is 8.40. The van der Waals surface area contributed by atoms with Crippen LogP contribution < -0.4 is 10.2 Å². The number of carbonyl (C=O) groups is 1. The summed E-state index contributed by atoms with van der Waals surface area (Å²) in [5.74, 6) is -0.197. The zero-order valence-corrected chi connectivity index (χ0v) is 15.6. The summed E-state index contributed by atoms with van der Waals surface area (Å²) in [6.07, 6.45) is 3.40. The van der Waals surface area contributed by atoms with Gasteiger partial charge in [0.1, 0.15) is 0 Å². The molecule has 2 aromatic rings. The number of benzene rings is 1. The third-order valence-corrected chi connectivity index (χ3v) is 4.82. The Morgan fingerprint density at radius 1 is 1.12 bits per heavy atom. The van der Waals surface area contributed by atoms with E-state index in [0.29, 0.717) is 16.3 Å². The van der Waals surface area contributed by atoms with E-state index in [0.717, 1.165) is 43.0 Å². The van der Waals surface area contributed by atoms with E-state index in [1.807, 2.05) is 38.2 Å². The van der Waals surface area contributed by atoms with Crippen molar-refractivity contribution in [3.05, 3.63) is 52.3 Å². The van der Waals surface area contributed by atoms with Gasteiger partial charge in [-0.3, -0.25) is 9.78 Å². The zero-order chi connectivity index (χ0) is 18.0. The number of piperazine rings is 1. The molecule has 2 heterocycles. The highest BCUT2D eigenvalue weighted by Crippen LogP contribution is 2.28. The van der Waals surface area contributed by atoms with Crippen LogP contribution in [0.5, 0.6) is 0 Å². The van der Waals surface area contributed by atoms with Gasteiger partial charge in [0.25, 0.3) is 5.91 Å². The van der Waals surface area contributed by atoms with E-state index >= 15 is 0 Å². The maximum Gasteiger partial charge on any atom is 0.257 e. The summed E-state index contributed by atoms with van der Waals surface area (Å²) in [5, 5.41) is 3.47. The highest BCUT2D eigenvalue weighted by Gasteiger charge is 2.17. The predicted octanol–water partition coefficient (Wildman–Crippen LogP) is 3.36. The molecular formula is C19H23ClN4O. The molecule has 0 aliphatic carbocycles. The number of amides is 1. The van der Waals surface area contributed by atoms with Crippen molar-refractivity contribution in [2.24, 2.45) is 0 Å². The van der Waals surface area contributed by atoms with Crippen LogP contribution in [0.4, 0.5) is 11.4 Å². The summed E-state index contributed by atoms with van der Waals surface area (Å²) in [6, 6.07) is 5.74. The van der Waals surface area contributed by atoms with Gasteiger partial charge in [0.05, 0.1) is 28.2 Å². The van der Waals surface area contributed by atoms with E-state index in [2.05, 4.69) is 27.1 Å². The number of nitrogens with one attached hydrogen (secondary N) is 1. The van der Waals surface area contributed by atoms with E-state index in [-0.39, 0.29) is 5.91 Å². The van der Waals surface area contributed by atoms with Gasteiger partial charge in [-0.2, -0.15) is 0 Å². The number of hydrogen-bond donors (Lipinski definition) is 1. The lowest BCUT2D eigenvalue weighted by Crippen LogP contribution is -2.44. The number of anilines is 2. The fourth-order valence-corrected chi connectivity index (χ4v) is 3.42. The molecular weight excluding hydrogens is 336 g/mol. The number of aromatic nitrogens is 1. The van der Waals surface area contributed by atoms with Crippen molar-refractivity contribution < 1.29 is 4.79 Å². The molecule has 1 aromatic heterocycles. The summed E-state index contributed by atoms with van der Waals surface area (Å²) in [5.41, 5.74) is 4.18. The largest absolute Gasteiger partial charge is 0.368 e. The van der Waals surface area contributed by atoms with Crippen LogP contribution in [0.3, 0.4) is 0 Å². The summed E-state index contributed by atoms with van der Waals surface area (Å²) in [7, 11) is 2.12. The van der Waals surface area contributed by atoms with Crippen molar-refractivity contribution in [3.8, 4) is 0 Å². The molecule has 1 fully saturated rings. The van der Waals surface area contributed by atoms with Gasteiger partial charge in [0, 0.05) is 32.4 Å². The van der Waals surface area contributed by atoms with Gasteiger partial charge < -0.3 is 15.1 Å². The standard InChI is InChI=1S/C19H23ClN4O/c1-13-8-14(2)18(17(20)9-13)22-19(25)15-10-16(12-21-11-15)24-6-4-23(3)5-7-24/h8-12H,4-7H2,1-3H3,(H,22,25). The molecule has 3 rings (SSSR count). The number of nitrogens with zero attached hydrogens (tertiary/aromatic N) is 3. The molecule has 132 valence electrons. The SMILES string of the molecule is Cc1cc(C)c(NC(=O)c2cncc(N3CCN(C)CC3)c2)c(Cl)c1. The fourth-order valence-electron chi connectivity index (χ4n) is 3.05. The number of pyridine rings is 1. The number of halogens is 1. The van der Waals surface area contributed by atoms with Crippen molar-refractivity contribution >= 4 is 28.9 Å². The molecule has 0 atom stereocenters. The van der Waals surface area contributed by atoms with Crippen molar-refractivity contribution in [1.29, 1.82) is 0 Å². The molecule has 0 radical (unpaired) electrons. The first kappa shape index (κ1) is 17.7. The van der Waals surface area contributed by atoms with Crippen molar-refractivity contribution in [2.75, 3.05) is 43.4 Å². The second-order valence-corrected chi connectivity index (χ2v) is 7.02. The van der Waals surface area contributed by atoms with E-state index < -0.39 is 0 Å². The lowest BCUT2D eigenvalue weighted by Gasteiger charge is -2.33. The number of hydrogen-bond acceptors (Lipinski definition) is 4. The molecule has 1 aliphatic heterocycles. The molecule has 1 amide bonds. The number of likely N-dealkylation sites (N-methyl/N-ethyl adjacent to an activating group) is 1. The Morgan fingerprint density at radius 2 is 1.84 bits per heavy atom. The molecule has 1 aliphatic rings. The van der Waals surface area contributed by atoms with Gasteiger partial charge in [-0.25, -0.2) is 0 Å². The Labute approximate surface area is 153 Å². The summed E-state index contributed by atoms with van der Waals surface area (Å²) >= 11 is 6.29. The molecule has 0 bridgehead atoms. The number of aryl methyl sites for hydroxylation is 2. The molecule has 0 saturated carbocycles. The van der Waals surface area contributed by atoms with E-state index in [1.54, 1.807) is 6.20 Å². The average molecular weight is 359 g/mol. The van der Waals surface area contributed by atoms with Crippen molar-refractivity contribution in [3.63, 3.8) is 0 Å². The van der Waals surface area contributed by atoms with Gasteiger partial charge in [0.15, 0.2) is 0 Å². The Morgan fingerprint density at radius 3 is 2.52 bits per heavy atom. The van der Waals surface area contributed by atoms with Gasteiger partial charge in [0.2, 0.25) is 0 Å². The maximum absolute atomic E-state index is 12.7. The van der Waals surface area contributed by atoms with Crippen molar-refractivity contribution in [2.45, 2.75) is 13.8 Å². The molecule has 6 heteroatoms. The molecule has 0 unspecified atom stereocenters. The summed E-state index contributed by atoms with van der Waals surface area (Å²) < 4.78 is 0. The smallest absolute Gasteiger partial charge is 0.257 e. The molecule has 25 heavy (non-hydrogen) atoms. The number of carbonyl (C=O) groups excluding carboxylic acids is 1. The zero-order valence-electron chi connectivity index (χ0n) is 14.8. The van der Waals surface area contributed by atoms with Crippen LogP contribution in [0.2, 0.25) is 5.02 Å². The highest BCUT2D eigenvalue weighted by molar-refractivity contribution is 6.34. The summed E-state index contributed by atoms with van der Waals surface area (Å²) in [6.45, 7) is 7.81. The maximum atomic E-state index is 12.7. The molecule has 1 N–H and O–H groups in total. The molecule has 1 aromatic carbocycles. The summed E-state index contributed by atoms with van der Waals surface area (Å²) in [4.78, 5) is 21.5. The van der Waals surface area contributed by atoms with Crippen LogP contribution in [0.1, 0.15) is 21.5 Å². The highest BCUT2D eigenvalue weighted by atomic mass is 35.5. The van der Waals surface area contributed by atoms with Crippen LogP contribution in [0.25, 0.3) is 0 Å². The fraction of sp³-hybridized carbons (Fsp3) is 0.368. The van der Waals surface area contributed by atoms with Gasteiger partial charge in [-0.05, 0) is 44.2 Å². The third-order valence-electron chi connectivity index (χ3n) is 4.52. The average Bonchev–Trinajstić information content (AvgIpc) is 2.58. The van der Waals surface area contributed by atoms with Crippen LogP contribution >= 0.6 is 11.6 Å². The number of rotatable bonds is 3. The Hall–Kier alpha value is -2.11. The third kappa shape index (κ3) is 4.11. The molecule has 1 saturated heterocycles. The molecule has 0 spiro atoms. The van der Waals surface area contributed by atoms with Gasteiger partial charge >= 0.3 is 0 Å². The lowest BCUT2D eigenvalue weighted by atomic mass is 10.1. The minimum Gasteiger partial charge on any atom is -0.368 e. The Balaban J connectivity index is 1.78. The quantitative estimate of drug-likeness (QED) is 0.914. The van der Waals surface area contributed by atoms with Crippen LogP contribution in [-0.2, 0) is 0 Å². The van der Waals surface area contributed by atoms with Crippen LogP contribution in [0.15, 0.2) is 30.6 Å². The second kappa shape index (κ2) is 7.42. The normalized spacial score (nSPS) is 15.3.